The summed E-state index contributed by atoms with van der Waals surface area (Å²) in [6.07, 6.45) is 2.46. The van der Waals surface area contributed by atoms with Crippen LogP contribution in [-0.4, -0.2) is 0 Å². The number of hydrogen-bond donors (Lipinski definition) is 0. The van der Waals surface area contributed by atoms with E-state index in [-0.39, 0.29) is 11.1 Å². The minimum Gasteiger partial charge on any atom is -0.0824 e. The van der Waals surface area contributed by atoms with Gasteiger partial charge in [0.1, 0.15) is 0 Å². The predicted molar refractivity (Wildman–Crippen MR) is 152 cm³/mol. The number of hydrogen-bond acceptors (Lipinski definition) is 1. The molecule has 1 heterocycles. The normalized spacial score (nSPS) is 20.3. The largest absolute Gasteiger partial charge is 0.0824 e. The lowest BCUT2D eigenvalue weighted by atomic mass is 9.78. The van der Waals surface area contributed by atoms with Crippen molar-refractivity contribution >= 4 is 65.9 Å². The lowest BCUT2D eigenvalue weighted by Crippen LogP contribution is -2.30. The van der Waals surface area contributed by atoms with Gasteiger partial charge in [-0.05, 0) is 57.6 Å². The highest BCUT2D eigenvalue weighted by atomic mass is 79.9. The summed E-state index contributed by atoms with van der Waals surface area (Å²) >= 11 is 16.9. The minimum atomic E-state index is -1.02. The molecule has 1 spiro atoms. The molecule has 0 nitrogen and oxygen atoms in total. The topological polar surface area (TPSA) is 0 Å². The van der Waals surface area contributed by atoms with E-state index < -0.39 is 6.48 Å². The Bertz CT molecular complexity index is 1340. The molecule has 2 aliphatic rings. The van der Waals surface area contributed by atoms with Crippen molar-refractivity contribution < 1.29 is 0 Å². The van der Waals surface area contributed by atoms with Crippen LogP contribution >= 0.6 is 61.0 Å². The molecule has 6 rings (SSSR count). The summed E-state index contributed by atoms with van der Waals surface area (Å²) in [5, 5.41) is -0.334. The molecule has 0 amide bonds. The van der Waals surface area contributed by atoms with Gasteiger partial charge in [-0.25, -0.2) is 0 Å². The molecule has 1 aliphatic heterocycles. The summed E-state index contributed by atoms with van der Waals surface area (Å²) in [6, 6.07) is 34.8. The van der Waals surface area contributed by atoms with Crippen LogP contribution in [0.3, 0.4) is 0 Å². The first-order chi connectivity index (χ1) is 16.1. The van der Waals surface area contributed by atoms with E-state index in [0.717, 1.165) is 8.95 Å². The summed E-state index contributed by atoms with van der Waals surface area (Å²) in [4.78, 5) is 1.26. The molecule has 0 bridgehead atoms. The molecule has 162 valence electrons. The van der Waals surface area contributed by atoms with Gasteiger partial charge in [0.25, 0.3) is 0 Å². The maximum Gasteiger partial charge on any atom is 0.0752 e. The fourth-order valence-electron chi connectivity index (χ4n) is 5.12. The van der Waals surface area contributed by atoms with Crippen molar-refractivity contribution in [3.8, 4) is 11.1 Å². The first-order valence-electron chi connectivity index (χ1n) is 10.7. The van der Waals surface area contributed by atoms with Crippen molar-refractivity contribution in [2.45, 2.75) is 11.1 Å². The number of fused-ring (bicyclic) bond motifs is 5. The molecule has 2 atom stereocenters. The van der Waals surface area contributed by atoms with E-state index in [9.17, 15) is 0 Å². The molecule has 4 aromatic rings. The van der Waals surface area contributed by atoms with Crippen molar-refractivity contribution in [1.29, 1.82) is 0 Å². The molecule has 0 aromatic heterocycles. The summed E-state index contributed by atoms with van der Waals surface area (Å²) in [5.41, 5.74) is 7.72. The zero-order chi connectivity index (χ0) is 22.6. The van der Waals surface area contributed by atoms with Gasteiger partial charge >= 0.3 is 0 Å². The molecule has 0 saturated heterocycles. The zero-order valence-electron chi connectivity index (χ0n) is 17.4. The molecule has 0 saturated carbocycles. The standard InChI is InChI=1S/C28H18Br2ClPS/c29-20-11-13-22-23-14-12-21(30)16-26(23)28(25(22)15-20)24(18-7-3-1-4-8-18)17-27(33-32(28)31)19-9-5-2-6-10-19/h1-17,24H. The molecule has 4 aromatic carbocycles. The van der Waals surface area contributed by atoms with E-state index in [0.29, 0.717) is 0 Å². The quantitative estimate of drug-likeness (QED) is 0.203. The van der Waals surface area contributed by atoms with Crippen LogP contribution in [0.4, 0.5) is 0 Å². The lowest BCUT2D eigenvalue weighted by Gasteiger charge is -2.45. The third-order valence-electron chi connectivity index (χ3n) is 6.52. The van der Waals surface area contributed by atoms with Crippen LogP contribution in [0.5, 0.6) is 0 Å². The van der Waals surface area contributed by atoms with E-state index >= 15 is 0 Å². The summed E-state index contributed by atoms with van der Waals surface area (Å²) < 4.78 is 2.17. The van der Waals surface area contributed by atoms with E-state index in [2.05, 4.69) is 135 Å². The second-order valence-corrected chi connectivity index (χ2v) is 15.2. The third-order valence-corrected chi connectivity index (χ3v) is 12.9. The Hall–Kier alpha value is -1.35. The number of halogens is 3. The average molecular weight is 613 g/mol. The highest BCUT2D eigenvalue weighted by molar-refractivity contribution is 9.10. The van der Waals surface area contributed by atoms with Gasteiger partial charge in [0, 0.05) is 19.8 Å². The Morgan fingerprint density at radius 2 is 1.27 bits per heavy atom. The van der Waals surface area contributed by atoms with Crippen LogP contribution < -0.4 is 0 Å². The lowest BCUT2D eigenvalue weighted by molar-refractivity contribution is 0.665. The first-order valence-corrected chi connectivity index (χ1v) is 15.9. The highest BCUT2D eigenvalue weighted by Gasteiger charge is 2.56. The SMILES string of the molecule is ClP1SC(c2ccccc2)=CC(c2ccccc2)C12c1cc(Br)ccc1-c1ccc(Br)cc12. The second-order valence-electron chi connectivity index (χ2n) is 8.27. The molecule has 0 fully saturated rings. The van der Waals surface area contributed by atoms with Crippen LogP contribution in [0.2, 0.25) is 0 Å². The van der Waals surface area contributed by atoms with Crippen LogP contribution in [0.1, 0.15) is 28.2 Å². The Kier molecular flexibility index (Phi) is 5.84. The molecule has 2 unspecified atom stereocenters. The van der Waals surface area contributed by atoms with E-state index in [1.54, 1.807) is 0 Å². The average Bonchev–Trinajstić information content (AvgIpc) is 3.11. The monoisotopic (exact) mass is 610 g/mol. The zero-order valence-corrected chi connectivity index (χ0v) is 23.0. The summed E-state index contributed by atoms with van der Waals surface area (Å²) in [6.45, 7) is -1.02. The van der Waals surface area contributed by atoms with Crippen molar-refractivity contribution in [1.82, 2.24) is 0 Å². The maximum absolute atomic E-state index is 7.59. The third kappa shape index (κ3) is 3.51. The smallest absolute Gasteiger partial charge is 0.0752 e. The van der Waals surface area contributed by atoms with Gasteiger partial charge in [-0.1, -0.05) is 133 Å². The highest BCUT2D eigenvalue weighted by Crippen LogP contribution is 2.83. The Morgan fingerprint density at radius 1 is 0.727 bits per heavy atom. The van der Waals surface area contributed by atoms with Crippen molar-refractivity contribution in [2.24, 2.45) is 0 Å². The Labute approximate surface area is 221 Å². The summed E-state index contributed by atoms with van der Waals surface area (Å²) in [7, 11) is 0. The number of benzene rings is 4. The van der Waals surface area contributed by atoms with Crippen LogP contribution in [-0.2, 0) is 5.16 Å². The van der Waals surface area contributed by atoms with E-state index in [4.69, 9.17) is 11.2 Å². The van der Waals surface area contributed by atoms with Crippen LogP contribution in [0.25, 0.3) is 16.0 Å². The number of rotatable bonds is 2. The maximum atomic E-state index is 7.59. The fourth-order valence-corrected chi connectivity index (χ4v) is 11.7. The van der Waals surface area contributed by atoms with Gasteiger partial charge in [0.15, 0.2) is 0 Å². The Morgan fingerprint density at radius 3 is 1.85 bits per heavy atom. The van der Waals surface area contributed by atoms with Gasteiger partial charge in [0.05, 0.1) is 11.6 Å². The first kappa shape index (κ1) is 22.1. The van der Waals surface area contributed by atoms with Crippen molar-refractivity contribution in [3.63, 3.8) is 0 Å². The molecule has 1 aliphatic carbocycles. The Balaban J connectivity index is 1.69. The van der Waals surface area contributed by atoms with E-state index in [1.807, 2.05) is 11.4 Å². The van der Waals surface area contributed by atoms with Gasteiger partial charge < -0.3 is 0 Å². The predicted octanol–water partition coefficient (Wildman–Crippen LogP) is 10.6. The molecule has 0 N–H and O–H groups in total. The van der Waals surface area contributed by atoms with Crippen molar-refractivity contribution in [2.75, 3.05) is 0 Å². The molecule has 0 radical (unpaired) electrons. The van der Waals surface area contributed by atoms with Crippen molar-refractivity contribution in [3.05, 3.63) is 134 Å². The van der Waals surface area contributed by atoms with Gasteiger partial charge in [-0.3, -0.25) is 0 Å². The van der Waals surface area contributed by atoms with Gasteiger partial charge in [-0.2, -0.15) is 0 Å². The minimum absolute atomic E-state index is 0.113. The molecule has 33 heavy (non-hydrogen) atoms. The second kappa shape index (κ2) is 8.70. The van der Waals surface area contributed by atoms with Crippen LogP contribution in [0.15, 0.2) is 112 Å². The number of allylic oxidation sites excluding steroid dienone is 1. The molecule has 5 heteroatoms. The van der Waals surface area contributed by atoms with Gasteiger partial charge in [0.2, 0.25) is 0 Å². The van der Waals surface area contributed by atoms with E-state index in [1.165, 1.54) is 38.3 Å². The fraction of sp³-hybridized carbons (Fsp3) is 0.0714. The van der Waals surface area contributed by atoms with Crippen LogP contribution in [0, 0.1) is 0 Å². The molecular weight excluding hydrogens is 595 g/mol. The van der Waals surface area contributed by atoms with Gasteiger partial charge in [-0.15, -0.1) is 0 Å². The molecular formula is C28H18Br2ClPS. The summed E-state index contributed by atoms with van der Waals surface area (Å²) in [5.74, 6) is 0.113.